The summed E-state index contributed by atoms with van der Waals surface area (Å²) in [6.07, 6.45) is 6.53. The van der Waals surface area contributed by atoms with Gasteiger partial charge in [-0.1, -0.05) is 6.07 Å². The van der Waals surface area contributed by atoms with Crippen LogP contribution in [0.1, 0.15) is 35.1 Å². The van der Waals surface area contributed by atoms with Gasteiger partial charge in [-0.25, -0.2) is 4.98 Å². The maximum Gasteiger partial charge on any atom is 0.224 e. The average Bonchev–Trinajstić information content (AvgIpc) is 3.40. The fraction of sp³-hybridized carbons (Fsp3) is 0.350. The highest BCUT2D eigenvalue weighted by Crippen LogP contribution is 2.47. The first-order valence-corrected chi connectivity index (χ1v) is 8.79. The number of aryl methyl sites for hydroxylation is 3. The van der Waals surface area contributed by atoms with E-state index in [1.807, 2.05) is 26.1 Å². The van der Waals surface area contributed by atoms with Crippen LogP contribution in [0.25, 0.3) is 11.1 Å². The molecule has 0 N–H and O–H groups in total. The fourth-order valence-corrected chi connectivity index (χ4v) is 3.06. The van der Waals surface area contributed by atoms with Gasteiger partial charge in [-0.2, -0.15) is 15.2 Å². The number of ether oxygens (including phenoxy) is 1. The number of hydrogen-bond acceptors (Lipinski definition) is 6. The van der Waals surface area contributed by atoms with Crippen LogP contribution in [0, 0.1) is 26.7 Å². The Hall–Kier alpha value is -2.89. The molecule has 3 aromatic heterocycles. The molecule has 26 heavy (non-hydrogen) atoms. The van der Waals surface area contributed by atoms with Crippen LogP contribution < -0.4 is 4.74 Å². The zero-order valence-corrected chi connectivity index (χ0v) is 15.2. The zero-order valence-electron chi connectivity index (χ0n) is 15.2. The van der Waals surface area contributed by atoms with E-state index in [9.17, 15) is 0 Å². The van der Waals surface area contributed by atoms with Crippen molar-refractivity contribution in [2.24, 2.45) is 5.92 Å². The van der Waals surface area contributed by atoms with Gasteiger partial charge in [0.25, 0.3) is 0 Å². The normalized spacial score (nSPS) is 18.6. The van der Waals surface area contributed by atoms with Crippen molar-refractivity contribution in [2.75, 3.05) is 6.61 Å². The second-order valence-corrected chi connectivity index (χ2v) is 6.90. The summed E-state index contributed by atoms with van der Waals surface area (Å²) < 4.78 is 6.08. The molecule has 6 heteroatoms. The topological polar surface area (TPSA) is 73.7 Å². The Balaban J connectivity index is 1.49. The van der Waals surface area contributed by atoms with Crippen LogP contribution in [0.5, 0.6) is 5.88 Å². The molecule has 132 valence electrons. The monoisotopic (exact) mass is 347 g/mol. The summed E-state index contributed by atoms with van der Waals surface area (Å²) in [4.78, 5) is 13.3. The first-order valence-electron chi connectivity index (χ1n) is 8.79. The van der Waals surface area contributed by atoms with Crippen molar-refractivity contribution < 1.29 is 4.74 Å². The summed E-state index contributed by atoms with van der Waals surface area (Å²) in [6, 6.07) is 6.19. The molecule has 1 fully saturated rings. The number of pyridine rings is 1. The minimum Gasteiger partial charge on any atom is -0.477 e. The van der Waals surface area contributed by atoms with E-state index in [2.05, 4.69) is 44.2 Å². The van der Waals surface area contributed by atoms with Gasteiger partial charge in [0, 0.05) is 35.5 Å². The largest absolute Gasteiger partial charge is 0.477 e. The molecule has 0 radical (unpaired) electrons. The fourth-order valence-electron chi connectivity index (χ4n) is 3.06. The molecule has 0 aromatic carbocycles. The highest BCUT2D eigenvalue weighted by atomic mass is 16.5. The third-order valence-electron chi connectivity index (χ3n) is 4.63. The van der Waals surface area contributed by atoms with E-state index in [1.165, 1.54) is 5.56 Å². The highest BCUT2D eigenvalue weighted by Gasteiger charge is 2.40. The number of aromatic nitrogens is 5. The molecule has 1 saturated carbocycles. The summed E-state index contributed by atoms with van der Waals surface area (Å²) in [5, 5.41) is 8.03. The van der Waals surface area contributed by atoms with Crippen molar-refractivity contribution >= 4 is 0 Å². The van der Waals surface area contributed by atoms with Crippen LogP contribution in [0.15, 0.2) is 36.8 Å². The molecule has 4 rings (SSSR count). The second-order valence-electron chi connectivity index (χ2n) is 6.90. The minimum atomic E-state index is 0.477. The van der Waals surface area contributed by atoms with Crippen LogP contribution in [-0.2, 0) is 0 Å². The van der Waals surface area contributed by atoms with Crippen molar-refractivity contribution in [3.63, 3.8) is 0 Å². The molecule has 0 aliphatic heterocycles. The van der Waals surface area contributed by atoms with E-state index in [1.54, 1.807) is 12.4 Å². The summed E-state index contributed by atoms with van der Waals surface area (Å²) >= 11 is 0. The molecule has 0 amide bonds. The van der Waals surface area contributed by atoms with Gasteiger partial charge >= 0.3 is 0 Å². The molecule has 0 saturated heterocycles. The van der Waals surface area contributed by atoms with Crippen LogP contribution in [0.3, 0.4) is 0 Å². The van der Waals surface area contributed by atoms with Gasteiger partial charge in [0.05, 0.1) is 24.1 Å². The van der Waals surface area contributed by atoms with E-state index < -0.39 is 0 Å². The Morgan fingerprint density at radius 2 is 1.96 bits per heavy atom. The standard InChI is InChI=1S/C20H21N5O/c1-12-4-5-19(22-8-12)17-7-16(17)11-26-20-18(10-21-14(3)24-20)15-6-13(2)25-23-9-15/h4-6,8-10,16-17H,7,11H2,1-3H3. The number of hydrogen-bond donors (Lipinski definition) is 0. The first-order chi connectivity index (χ1) is 12.6. The molecule has 2 atom stereocenters. The molecule has 1 aliphatic carbocycles. The van der Waals surface area contributed by atoms with Crippen LogP contribution in [0.4, 0.5) is 0 Å². The lowest BCUT2D eigenvalue weighted by Gasteiger charge is -2.11. The van der Waals surface area contributed by atoms with E-state index in [0.717, 1.165) is 28.9 Å². The zero-order chi connectivity index (χ0) is 18.1. The minimum absolute atomic E-state index is 0.477. The van der Waals surface area contributed by atoms with E-state index in [-0.39, 0.29) is 0 Å². The Morgan fingerprint density at radius 3 is 2.73 bits per heavy atom. The molecular weight excluding hydrogens is 326 g/mol. The Labute approximate surface area is 152 Å². The van der Waals surface area contributed by atoms with Gasteiger partial charge in [0.15, 0.2) is 0 Å². The summed E-state index contributed by atoms with van der Waals surface area (Å²) in [5.74, 6) is 2.25. The van der Waals surface area contributed by atoms with E-state index in [4.69, 9.17) is 4.74 Å². The first kappa shape index (κ1) is 16.6. The highest BCUT2D eigenvalue weighted by molar-refractivity contribution is 5.66. The van der Waals surface area contributed by atoms with Crippen molar-refractivity contribution in [1.82, 2.24) is 25.1 Å². The van der Waals surface area contributed by atoms with Gasteiger partial charge in [0.1, 0.15) is 5.82 Å². The van der Waals surface area contributed by atoms with Crippen LogP contribution >= 0.6 is 0 Å². The Kier molecular flexibility index (Phi) is 4.32. The summed E-state index contributed by atoms with van der Waals surface area (Å²) in [5.41, 5.74) is 4.95. The molecule has 0 spiro atoms. The van der Waals surface area contributed by atoms with Gasteiger partial charge in [0.2, 0.25) is 5.88 Å². The van der Waals surface area contributed by atoms with Crippen LogP contribution in [-0.4, -0.2) is 31.8 Å². The average molecular weight is 347 g/mol. The quantitative estimate of drug-likeness (QED) is 0.704. The van der Waals surface area contributed by atoms with Crippen molar-refractivity contribution in [1.29, 1.82) is 0 Å². The Morgan fingerprint density at radius 1 is 1.08 bits per heavy atom. The molecule has 0 bridgehead atoms. The molecule has 2 unspecified atom stereocenters. The van der Waals surface area contributed by atoms with Gasteiger partial charge in [-0.05, 0) is 44.9 Å². The van der Waals surface area contributed by atoms with Crippen molar-refractivity contribution in [2.45, 2.75) is 33.1 Å². The lowest BCUT2D eigenvalue weighted by molar-refractivity contribution is 0.285. The lowest BCUT2D eigenvalue weighted by Crippen LogP contribution is -2.06. The van der Waals surface area contributed by atoms with Gasteiger partial charge in [-0.3, -0.25) is 4.98 Å². The predicted octanol–water partition coefficient (Wildman–Crippen LogP) is 3.44. The second kappa shape index (κ2) is 6.78. The Bertz CT molecular complexity index is 926. The number of nitrogens with zero attached hydrogens (tertiary/aromatic N) is 5. The van der Waals surface area contributed by atoms with Gasteiger partial charge in [-0.15, -0.1) is 0 Å². The third-order valence-corrected chi connectivity index (χ3v) is 4.63. The molecule has 1 aliphatic rings. The van der Waals surface area contributed by atoms with E-state index >= 15 is 0 Å². The maximum absolute atomic E-state index is 6.08. The van der Waals surface area contributed by atoms with E-state index in [0.29, 0.717) is 30.1 Å². The lowest BCUT2D eigenvalue weighted by atomic mass is 10.1. The smallest absolute Gasteiger partial charge is 0.224 e. The van der Waals surface area contributed by atoms with Crippen molar-refractivity contribution in [3.8, 4) is 17.0 Å². The molecule has 3 aromatic rings. The third kappa shape index (κ3) is 3.54. The predicted molar refractivity (Wildman–Crippen MR) is 97.8 cm³/mol. The van der Waals surface area contributed by atoms with Crippen LogP contribution in [0.2, 0.25) is 0 Å². The maximum atomic E-state index is 6.08. The molecular formula is C20H21N5O. The van der Waals surface area contributed by atoms with Crippen molar-refractivity contribution in [3.05, 3.63) is 59.6 Å². The SMILES string of the molecule is Cc1ccc(C2CC2COc2nc(C)ncc2-c2cnnc(C)c2)nc1. The number of rotatable bonds is 5. The molecule has 6 nitrogen and oxygen atoms in total. The molecule has 3 heterocycles. The summed E-state index contributed by atoms with van der Waals surface area (Å²) in [6.45, 7) is 6.46. The summed E-state index contributed by atoms with van der Waals surface area (Å²) in [7, 11) is 0. The van der Waals surface area contributed by atoms with Gasteiger partial charge < -0.3 is 4.74 Å².